The van der Waals surface area contributed by atoms with Gasteiger partial charge in [-0.1, -0.05) is 13.0 Å². The summed E-state index contributed by atoms with van der Waals surface area (Å²) in [5, 5.41) is 8.91. The SMILES string of the molecule is CCCOc1ccc(CC(N)CO)cc1OC. The Balaban J connectivity index is 2.77. The summed E-state index contributed by atoms with van der Waals surface area (Å²) in [4.78, 5) is 0. The van der Waals surface area contributed by atoms with Crippen LogP contribution in [0, 0.1) is 0 Å². The molecule has 0 spiro atoms. The molecule has 1 rings (SSSR count). The molecule has 0 saturated heterocycles. The molecule has 1 aromatic rings. The molecule has 96 valence electrons. The summed E-state index contributed by atoms with van der Waals surface area (Å²) in [7, 11) is 1.61. The minimum absolute atomic E-state index is 0.0175. The molecule has 4 heteroatoms. The number of hydrogen-bond donors (Lipinski definition) is 2. The van der Waals surface area contributed by atoms with Crippen LogP contribution in [0.1, 0.15) is 18.9 Å². The van der Waals surface area contributed by atoms with Gasteiger partial charge < -0.3 is 20.3 Å². The molecule has 1 unspecified atom stereocenters. The molecule has 0 aliphatic heterocycles. The molecule has 0 radical (unpaired) electrons. The molecule has 17 heavy (non-hydrogen) atoms. The third-order valence-electron chi connectivity index (χ3n) is 2.42. The summed E-state index contributed by atoms with van der Waals surface area (Å²) in [5.74, 6) is 1.46. The lowest BCUT2D eigenvalue weighted by molar-refractivity contribution is 0.265. The zero-order valence-electron chi connectivity index (χ0n) is 10.5. The Kier molecular flexibility index (Phi) is 5.80. The van der Waals surface area contributed by atoms with Crippen LogP contribution in [0.4, 0.5) is 0 Å². The fraction of sp³-hybridized carbons (Fsp3) is 0.538. The predicted octanol–water partition coefficient (Wildman–Crippen LogP) is 1.35. The van der Waals surface area contributed by atoms with Gasteiger partial charge in [0.15, 0.2) is 11.5 Å². The third-order valence-corrected chi connectivity index (χ3v) is 2.42. The van der Waals surface area contributed by atoms with Crippen LogP contribution in [0.5, 0.6) is 11.5 Å². The van der Waals surface area contributed by atoms with Crippen molar-refractivity contribution >= 4 is 0 Å². The van der Waals surface area contributed by atoms with Gasteiger partial charge in [-0.25, -0.2) is 0 Å². The van der Waals surface area contributed by atoms with Gasteiger partial charge >= 0.3 is 0 Å². The zero-order valence-corrected chi connectivity index (χ0v) is 10.5. The number of benzene rings is 1. The second kappa shape index (κ2) is 7.14. The van der Waals surface area contributed by atoms with E-state index in [1.807, 2.05) is 18.2 Å². The maximum Gasteiger partial charge on any atom is 0.161 e. The van der Waals surface area contributed by atoms with Crippen LogP contribution in [0.3, 0.4) is 0 Å². The third kappa shape index (κ3) is 4.24. The Morgan fingerprint density at radius 1 is 1.35 bits per heavy atom. The Hall–Kier alpha value is -1.26. The van der Waals surface area contributed by atoms with E-state index in [4.69, 9.17) is 20.3 Å². The van der Waals surface area contributed by atoms with Crippen molar-refractivity contribution in [1.82, 2.24) is 0 Å². The van der Waals surface area contributed by atoms with E-state index in [0.717, 1.165) is 17.7 Å². The monoisotopic (exact) mass is 239 g/mol. The number of aliphatic hydroxyl groups excluding tert-OH is 1. The molecule has 0 fully saturated rings. The van der Waals surface area contributed by atoms with E-state index in [1.54, 1.807) is 7.11 Å². The molecule has 1 atom stereocenters. The number of aliphatic hydroxyl groups is 1. The first kappa shape index (κ1) is 13.8. The average Bonchev–Trinajstić information content (AvgIpc) is 2.36. The van der Waals surface area contributed by atoms with Gasteiger partial charge in [-0.05, 0) is 30.5 Å². The van der Waals surface area contributed by atoms with E-state index < -0.39 is 0 Å². The lowest BCUT2D eigenvalue weighted by Gasteiger charge is -2.13. The van der Waals surface area contributed by atoms with Crippen molar-refractivity contribution < 1.29 is 14.6 Å². The second-order valence-electron chi connectivity index (χ2n) is 3.98. The highest BCUT2D eigenvalue weighted by atomic mass is 16.5. The Bertz CT molecular complexity index is 341. The van der Waals surface area contributed by atoms with Gasteiger partial charge in [0.2, 0.25) is 0 Å². The maximum atomic E-state index is 8.91. The number of rotatable bonds is 7. The van der Waals surface area contributed by atoms with Gasteiger partial charge in [0.25, 0.3) is 0 Å². The van der Waals surface area contributed by atoms with Crippen LogP contribution >= 0.6 is 0 Å². The van der Waals surface area contributed by atoms with Crippen molar-refractivity contribution in [2.24, 2.45) is 5.73 Å². The number of methoxy groups -OCH3 is 1. The molecule has 0 heterocycles. The quantitative estimate of drug-likeness (QED) is 0.753. The largest absolute Gasteiger partial charge is 0.493 e. The maximum absolute atomic E-state index is 8.91. The average molecular weight is 239 g/mol. The van der Waals surface area contributed by atoms with Gasteiger partial charge in [-0.2, -0.15) is 0 Å². The molecule has 0 saturated carbocycles. The summed E-state index contributed by atoms with van der Waals surface area (Å²) in [5.41, 5.74) is 6.73. The van der Waals surface area contributed by atoms with E-state index in [1.165, 1.54) is 0 Å². The predicted molar refractivity (Wildman–Crippen MR) is 67.5 cm³/mol. The molecule has 0 bridgehead atoms. The van der Waals surface area contributed by atoms with Crippen molar-refractivity contribution in [2.75, 3.05) is 20.3 Å². The van der Waals surface area contributed by atoms with Crippen molar-refractivity contribution in [2.45, 2.75) is 25.8 Å². The van der Waals surface area contributed by atoms with Crippen molar-refractivity contribution in [3.8, 4) is 11.5 Å². The van der Waals surface area contributed by atoms with Gasteiger partial charge in [0, 0.05) is 6.04 Å². The van der Waals surface area contributed by atoms with Gasteiger partial charge in [0.05, 0.1) is 20.3 Å². The summed E-state index contributed by atoms with van der Waals surface area (Å²) < 4.78 is 10.8. The molecule has 0 aliphatic carbocycles. The molecular formula is C13H21NO3. The standard InChI is InChI=1S/C13H21NO3/c1-3-6-17-12-5-4-10(7-11(14)9-15)8-13(12)16-2/h4-5,8,11,15H,3,6-7,9,14H2,1-2H3. The summed E-state index contributed by atoms with van der Waals surface area (Å²) in [6.07, 6.45) is 1.58. The van der Waals surface area contributed by atoms with E-state index in [2.05, 4.69) is 6.92 Å². The Morgan fingerprint density at radius 3 is 2.71 bits per heavy atom. The van der Waals surface area contributed by atoms with Crippen LogP contribution in [0.2, 0.25) is 0 Å². The van der Waals surface area contributed by atoms with Crippen LogP contribution in [0.15, 0.2) is 18.2 Å². The molecule has 0 aliphatic rings. The van der Waals surface area contributed by atoms with Crippen LogP contribution in [-0.4, -0.2) is 31.5 Å². The number of nitrogens with two attached hydrogens (primary N) is 1. The van der Waals surface area contributed by atoms with Crippen molar-refractivity contribution in [3.05, 3.63) is 23.8 Å². The summed E-state index contributed by atoms with van der Waals surface area (Å²) in [6.45, 7) is 2.71. The molecular weight excluding hydrogens is 218 g/mol. The van der Waals surface area contributed by atoms with E-state index in [-0.39, 0.29) is 12.6 Å². The summed E-state index contributed by atoms with van der Waals surface area (Å²) in [6, 6.07) is 5.50. The topological polar surface area (TPSA) is 64.7 Å². The minimum Gasteiger partial charge on any atom is -0.493 e. The van der Waals surface area contributed by atoms with Crippen molar-refractivity contribution in [1.29, 1.82) is 0 Å². The highest BCUT2D eigenvalue weighted by molar-refractivity contribution is 5.43. The first-order valence-electron chi connectivity index (χ1n) is 5.87. The summed E-state index contributed by atoms with van der Waals surface area (Å²) >= 11 is 0. The zero-order chi connectivity index (χ0) is 12.7. The lowest BCUT2D eigenvalue weighted by Crippen LogP contribution is -2.26. The van der Waals surface area contributed by atoms with E-state index in [9.17, 15) is 0 Å². The number of hydrogen-bond acceptors (Lipinski definition) is 4. The van der Waals surface area contributed by atoms with Crippen LogP contribution in [0.25, 0.3) is 0 Å². The van der Waals surface area contributed by atoms with Crippen molar-refractivity contribution in [3.63, 3.8) is 0 Å². The van der Waals surface area contributed by atoms with E-state index >= 15 is 0 Å². The van der Waals surface area contributed by atoms with Gasteiger partial charge in [-0.3, -0.25) is 0 Å². The molecule has 1 aromatic carbocycles. The molecule has 0 amide bonds. The Labute approximate surface area is 102 Å². The molecule has 4 nitrogen and oxygen atoms in total. The fourth-order valence-electron chi connectivity index (χ4n) is 1.54. The van der Waals surface area contributed by atoms with Gasteiger partial charge in [-0.15, -0.1) is 0 Å². The highest BCUT2D eigenvalue weighted by Crippen LogP contribution is 2.28. The molecule has 3 N–H and O–H groups in total. The first-order chi connectivity index (χ1) is 8.21. The fourth-order valence-corrected chi connectivity index (χ4v) is 1.54. The first-order valence-corrected chi connectivity index (χ1v) is 5.87. The smallest absolute Gasteiger partial charge is 0.161 e. The van der Waals surface area contributed by atoms with E-state index in [0.29, 0.717) is 18.8 Å². The highest BCUT2D eigenvalue weighted by Gasteiger charge is 2.08. The normalized spacial score (nSPS) is 12.2. The Morgan fingerprint density at radius 2 is 2.12 bits per heavy atom. The lowest BCUT2D eigenvalue weighted by atomic mass is 10.1. The van der Waals surface area contributed by atoms with Crippen LogP contribution in [-0.2, 0) is 6.42 Å². The number of ether oxygens (including phenoxy) is 2. The second-order valence-corrected chi connectivity index (χ2v) is 3.98. The minimum atomic E-state index is -0.234. The molecule has 0 aromatic heterocycles. The van der Waals surface area contributed by atoms with Gasteiger partial charge in [0.1, 0.15) is 0 Å². The van der Waals surface area contributed by atoms with Crippen LogP contribution < -0.4 is 15.2 Å².